The van der Waals surface area contributed by atoms with Gasteiger partial charge in [0.2, 0.25) is 0 Å². The molecule has 0 aromatic heterocycles. The molecule has 0 saturated carbocycles. The summed E-state index contributed by atoms with van der Waals surface area (Å²) in [5.74, 6) is 5.47. The van der Waals surface area contributed by atoms with Gasteiger partial charge in [-0.2, -0.15) is 0 Å². The summed E-state index contributed by atoms with van der Waals surface area (Å²) in [6.45, 7) is 13.7. The molecule has 0 aromatic rings. The van der Waals surface area contributed by atoms with Gasteiger partial charge in [-0.25, -0.2) is 4.79 Å². The average molecular weight is 210 g/mol. The van der Waals surface area contributed by atoms with E-state index in [9.17, 15) is 4.79 Å². The van der Waals surface area contributed by atoms with Crippen molar-refractivity contribution in [2.75, 3.05) is 0 Å². The van der Waals surface area contributed by atoms with Gasteiger partial charge in [-0.15, -0.1) is 0 Å². The molecule has 0 atom stereocenters. The monoisotopic (exact) mass is 210 g/mol. The zero-order valence-electron chi connectivity index (χ0n) is 10.9. The van der Waals surface area contributed by atoms with Crippen molar-refractivity contribution in [3.8, 4) is 11.8 Å². The minimum absolute atomic E-state index is 0.156. The van der Waals surface area contributed by atoms with Crippen LogP contribution in [0.3, 0.4) is 0 Å². The number of hydrogen-bond donors (Lipinski definition) is 0. The lowest BCUT2D eigenvalue weighted by Gasteiger charge is -2.22. The second-order valence-electron chi connectivity index (χ2n) is 5.63. The Morgan fingerprint density at radius 2 is 1.60 bits per heavy atom. The fourth-order valence-electron chi connectivity index (χ4n) is 0.660. The van der Waals surface area contributed by atoms with Crippen molar-refractivity contribution in [2.24, 2.45) is 11.3 Å². The van der Waals surface area contributed by atoms with E-state index >= 15 is 0 Å². The molecule has 0 radical (unpaired) electrons. The standard InChI is InChI=1S/C13H22O2/c1-10(2)13(6,7)9-8-11(14)15-12(3,4)5/h10H,1-7H3. The van der Waals surface area contributed by atoms with Crippen LogP contribution in [0.25, 0.3) is 0 Å². The van der Waals surface area contributed by atoms with E-state index < -0.39 is 11.6 Å². The average Bonchev–Trinajstić information content (AvgIpc) is 1.97. The van der Waals surface area contributed by atoms with Gasteiger partial charge in [-0.3, -0.25) is 0 Å². The predicted molar refractivity (Wildman–Crippen MR) is 62.2 cm³/mol. The van der Waals surface area contributed by atoms with Crippen LogP contribution in [0.4, 0.5) is 0 Å². The Morgan fingerprint density at radius 1 is 1.13 bits per heavy atom. The second-order valence-corrected chi connectivity index (χ2v) is 5.63. The van der Waals surface area contributed by atoms with Crippen LogP contribution in [0, 0.1) is 23.2 Å². The first-order chi connectivity index (χ1) is 6.54. The van der Waals surface area contributed by atoms with E-state index in [0.717, 1.165) is 0 Å². The Labute approximate surface area is 93.4 Å². The highest BCUT2D eigenvalue weighted by atomic mass is 16.6. The van der Waals surface area contributed by atoms with E-state index in [0.29, 0.717) is 5.92 Å². The highest BCUT2D eigenvalue weighted by Crippen LogP contribution is 2.24. The summed E-state index contributed by atoms with van der Waals surface area (Å²) >= 11 is 0. The van der Waals surface area contributed by atoms with Crippen molar-refractivity contribution < 1.29 is 9.53 Å². The third kappa shape index (κ3) is 6.17. The summed E-state index contributed by atoms with van der Waals surface area (Å²) in [5.41, 5.74) is -0.620. The molecule has 0 heterocycles. The zero-order chi connectivity index (χ0) is 12.3. The molecule has 0 aliphatic carbocycles. The molecule has 0 unspecified atom stereocenters. The predicted octanol–water partition coefficient (Wildman–Crippen LogP) is 3.01. The first kappa shape index (κ1) is 14.0. The highest BCUT2D eigenvalue weighted by molar-refractivity contribution is 5.88. The summed E-state index contributed by atoms with van der Waals surface area (Å²) in [4.78, 5) is 11.3. The van der Waals surface area contributed by atoms with Crippen molar-refractivity contribution in [3.05, 3.63) is 0 Å². The highest BCUT2D eigenvalue weighted by Gasteiger charge is 2.20. The molecule has 0 bridgehead atoms. The van der Waals surface area contributed by atoms with Crippen LogP contribution in [-0.2, 0) is 9.53 Å². The SMILES string of the molecule is CC(C)C(C)(C)C#CC(=O)OC(C)(C)C. The van der Waals surface area contributed by atoms with E-state index in [1.807, 2.05) is 34.6 Å². The molecule has 0 N–H and O–H groups in total. The van der Waals surface area contributed by atoms with Crippen molar-refractivity contribution in [3.63, 3.8) is 0 Å². The molecule has 15 heavy (non-hydrogen) atoms. The van der Waals surface area contributed by atoms with E-state index in [2.05, 4.69) is 25.7 Å². The summed E-state index contributed by atoms with van der Waals surface area (Å²) in [6, 6.07) is 0. The summed E-state index contributed by atoms with van der Waals surface area (Å²) < 4.78 is 5.10. The maximum absolute atomic E-state index is 11.3. The van der Waals surface area contributed by atoms with Crippen LogP contribution >= 0.6 is 0 Å². The fourth-order valence-corrected chi connectivity index (χ4v) is 0.660. The van der Waals surface area contributed by atoms with Crippen molar-refractivity contribution in [1.82, 2.24) is 0 Å². The third-order valence-corrected chi connectivity index (χ3v) is 2.33. The molecule has 0 aliphatic rings. The largest absolute Gasteiger partial charge is 0.450 e. The Hall–Kier alpha value is -0.970. The molecule has 0 saturated heterocycles. The third-order valence-electron chi connectivity index (χ3n) is 2.33. The molecular formula is C13H22O2. The van der Waals surface area contributed by atoms with Crippen molar-refractivity contribution >= 4 is 5.97 Å². The second kappa shape index (κ2) is 4.70. The minimum Gasteiger partial charge on any atom is -0.450 e. The molecule has 0 amide bonds. The van der Waals surface area contributed by atoms with E-state index in [1.54, 1.807) is 0 Å². The number of carbonyl (C=O) groups excluding carboxylic acids is 1. The van der Waals surface area contributed by atoms with Gasteiger partial charge >= 0.3 is 5.97 Å². The minimum atomic E-state index is -0.465. The number of carbonyl (C=O) groups is 1. The number of hydrogen-bond acceptors (Lipinski definition) is 2. The van der Waals surface area contributed by atoms with Gasteiger partial charge in [0, 0.05) is 11.3 Å². The molecule has 0 fully saturated rings. The quantitative estimate of drug-likeness (QED) is 0.378. The fraction of sp³-hybridized carbons (Fsp3) is 0.769. The van der Waals surface area contributed by atoms with Gasteiger partial charge < -0.3 is 4.74 Å². The number of rotatable bonds is 1. The van der Waals surface area contributed by atoms with Gasteiger partial charge in [-0.1, -0.05) is 19.8 Å². The molecule has 2 heteroatoms. The summed E-state index contributed by atoms with van der Waals surface area (Å²) in [7, 11) is 0. The van der Waals surface area contributed by atoms with Crippen molar-refractivity contribution in [1.29, 1.82) is 0 Å². The Kier molecular flexibility index (Phi) is 4.40. The van der Waals surface area contributed by atoms with Crippen LogP contribution in [0.15, 0.2) is 0 Å². The van der Waals surface area contributed by atoms with Crippen LogP contribution in [0.5, 0.6) is 0 Å². The lowest BCUT2D eigenvalue weighted by molar-refractivity contribution is -0.147. The Bertz CT molecular complexity index is 282. The lowest BCUT2D eigenvalue weighted by atomic mass is 9.82. The van der Waals surface area contributed by atoms with E-state index in [-0.39, 0.29) is 5.41 Å². The van der Waals surface area contributed by atoms with Crippen LogP contribution in [-0.4, -0.2) is 11.6 Å². The van der Waals surface area contributed by atoms with E-state index in [1.165, 1.54) is 0 Å². The molecule has 0 rings (SSSR count). The Balaban J connectivity index is 4.49. The van der Waals surface area contributed by atoms with Crippen molar-refractivity contribution in [2.45, 2.75) is 54.1 Å². The smallest absolute Gasteiger partial charge is 0.384 e. The lowest BCUT2D eigenvalue weighted by Crippen LogP contribution is -2.23. The summed E-state index contributed by atoms with van der Waals surface area (Å²) in [6.07, 6.45) is 0. The maximum Gasteiger partial charge on any atom is 0.384 e. The van der Waals surface area contributed by atoms with Crippen LogP contribution < -0.4 is 0 Å². The normalized spacial score (nSPS) is 12.0. The molecule has 0 aliphatic heterocycles. The Morgan fingerprint density at radius 3 is 1.93 bits per heavy atom. The first-order valence-electron chi connectivity index (χ1n) is 5.31. The van der Waals surface area contributed by atoms with Crippen LogP contribution in [0.2, 0.25) is 0 Å². The van der Waals surface area contributed by atoms with Gasteiger partial charge in [0.25, 0.3) is 0 Å². The summed E-state index contributed by atoms with van der Waals surface area (Å²) in [5, 5.41) is 0. The molecule has 2 nitrogen and oxygen atoms in total. The topological polar surface area (TPSA) is 26.3 Å². The molecular weight excluding hydrogens is 188 g/mol. The zero-order valence-corrected chi connectivity index (χ0v) is 10.9. The van der Waals surface area contributed by atoms with Gasteiger partial charge in [0.1, 0.15) is 5.60 Å². The van der Waals surface area contributed by atoms with Gasteiger partial charge in [0.15, 0.2) is 0 Å². The van der Waals surface area contributed by atoms with Crippen LogP contribution in [0.1, 0.15) is 48.5 Å². The number of ether oxygens (including phenoxy) is 1. The molecule has 0 aromatic carbocycles. The van der Waals surface area contributed by atoms with E-state index in [4.69, 9.17) is 4.74 Å². The van der Waals surface area contributed by atoms with Gasteiger partial charge in [0.05, 0.1) is 0 Å². The molecule has 0 spiro atoms. The first-order valence-corrected chi connectivity index (χ1v) is 5.31. The molecule has 86 valence electrons. The number of esters is 1. The maximum atomic E-state index is 11.3. The van der Waals surface area contributed by atoms with Gasteiger partial charge in [-0.05, 0) is 40.5 Å².